The highest BCUT2D eigenvalue weighted by Crippen LogP contribution is 2.30. The zero-order valence-corrected chi connectivity index (χ0v) is 13.8. The summed E-state index contributed by atoms with van der Waals surface area (Å²) in [6, 6.07) is 0. The van der Waals surface area contributed by atoms with E-state index in [-0.39, 0.29) is 11.3 Å². The number of piperazine rings is 1. The summed E-state index contributed by atoms with van der Waals surface area (Å²) in [5.41, 5.74) is -0.161. The first kappa shape index (κ1) is 16.7. The van der Waals surface area contributed by atoms with Crippen molar-refractivity contribution in [2.75, 3.05) is 59.4 Å². The fraction of sp³-hybridized carbons (Fsp3) is 0.938. The van der Waals surface area contributed by atoms with Gasteiger partial charge in [0.2, 0.25) is 5.91 Å². The van der Waals surface area contributed by atoms with Gasteiger partial charge in [-0.05, 0) is 45.8 Å². The molecule has 2 fully saturated rings. The van der Waals surface area contributed by atoms with Crippen molar-refractivity contribution in [2.24, 2.45) is 5.41 Å². The van der Waals surface area contributed by atoms with Crippen LogP contribution in [0.25, 0.3) is 0 Å². The summed E-state index contributed by atoms with van der Waals surface area (Å²) in [6.07, 6.45) is 4.14. The molecule has 5 nitrogen and oxygen atoms in total. The van der Waals surface area contributed by atoms with E-state index in [4.69, 9.17) is 0 Å². The van der Waals surface area contributed by atoms with Crippen LogP contribution >= 0.6 is 0 Å². The van der Waals surface area contributed by atoms with Crippen molar-refractivity contribution in [1.82, 2.24) is 20.4 Å². The Kier molecular flexibility index (Phi) is 6.45. The fourth-order valence-corrected chi connectivity index (χ4v) is 3.39. The van der Waals surface area contributed by atoms with Crippen LogP contribution in [0, 0.1) is 5.41 Å². The van der Waals surface area contributed by atoms with E-state index in [1.165, 1.54) is 0 Å². The van der Waals surface area contributed by atoms with E-state index >= 15 is 0 Å². The molecule has 2 heterocycles. The molecule has 0 bridgehead atoms. The second kappa shape index (κ2) is 8.11. The Morgan fingerprint density at radius 3 is 2.67 bits per heavy atom. The summed E-state index contributed by atoms with van der Waals surface area (Å²) >= 11 is 0. The zero-order chi connectivity index (χ0) is 15.1. The lowest BCUT2D eigenvalue weighted by Crippen LogP contribution is -2.50. The van der Waals surface area contributed by atoms with E-state index in [0.717, 1.165) is 78.0 Å². The van der Waals surface area contributed by atoms with E-state index in [1.807, 2.05) is 0 Å². The highest BCUT2D eigenvalue weighted by molar-refractivity contribution is 5.82. The summed E-state index contributed by atoms with van der Waals surface area (Å²) in [5, 5.41) is 6.56. The van der Waals surface area contributed by atoms with Gasteiger partial charge in [0, 0.05) is 39.3 Å². The third-order valence-electron chi connectivity index (χ3n) is 5.16. The van der Waals surface area contributed by atoms with Crippen LogP contribution in [-0.2, 0) is 4.79 Å². The Bertz CT molecular complexity index is 320. The third-order valence-corrected chi connectivity index (χ3v) is 5.16. The molecule has 0 aromatic heterocycles. The van der Waals surface area contributed by atoms with Gasteiger partial charge in [0.1, 0.15) is 0 Å². The molecule has 2 rings (SSSR count). The van der Waals surface area contributed by atoms with E-state index in [2.05, 4.69) is 34.4 Å². The summed E-state index contributed by atoms with van der Waals surface area (Å²) in [6.45, 7) is 10.6. The van der Waals surface area contributed by atoms with Crippen LogP contribution < -0.4 is 10.6 Å². The normalized spacial score (nSPS) is 28.5. The number of piperidine rings is 1. The minimum Gasteiger partial charge on any atom is -0.356 e. The van der Waals surface area contributed by atoms with Gasteiger partial charge < -0.3 is 20.4 Å². The van der Waals surface area contributed by atoms with Crippen LogP contribution in [0.3, 0.4) is 0 Å². The monoisotopic (exact) mass is 296 g/mol. The van der Waals surface area contributed by atoms with Crippen LogP contribution in [0.5, 0.6) is 0 Å². The number of nitrogens with zero attached hydrogens (tertiary/aromatic N) is 2. The van der Waals surface area contributed by atoms with Gasteiger partial charge in [0.15, 0.2) is 0 Å². The quantitative estimate of drug-likeness (QED) is 0.702. The first-order valence-electron chi connectivity index (χ1n) is 8.56. The summed E-state index contributed by atoms with van der Waals surface area (Å²) in [5.74, 6) is 0.260. The topological polar surface area (TPSA) is 47.6 Å². The molecule has 21 heavy (non-hydrogen) atoms. The first-order valence-corrected chi connectivity index (χ1v) is 8.56. The maximum Gasteiger partial charge on any atom is 0.227 e. The van der Waals surface area contributed by atoms with E-state index in [0.29, 0.717) is 0 Å². The van der Waals surface area contributed by atoms with Crippen LogP contribution in [0.1, 0.15) is 32.6 Å². The van der Waals surface area contributed by atoms with Gasteiger partial charge in [0.05, 0.1) is 5.41 Å². The number of hydrogen-bond acceptors (Lipinski definition) is 4. The van der Waals surface area contributed by atoms with Gasteiger partial charge in [-0.2, -0.15) is 0 Å². The molecule has 1 atom stereocenters. The standard InChI is InChI=1S/C16H32N4O/c1-3-16(6-4-7-17-14-16)15(21)18-8-5-9-20-12-10-19(2)11-13-20/h17H,3-14H2,1-2H3,(H,18,21). The number of amides is 1. The average Bonchev–Trinajstić information content (AvgIpc) is 2.53. The third kappa shape index (κ3) is 4.66. The molecule has 0 aromatic carbocycles. The number of hydrogen-bond donors (Lipinski definition) is 2. The second-order valence-electron chi connectivity index (χ2n) is 6.67. The van der Waals surface area contributed by atoms with E-state index in [1.54, 1.807) is 0 Å². The summed E-state index contributed by atoms with van der Waals surface area (Å²) in [4.78, 5) is 17.4. The largest absolute Gasteiger partial charge is 0.356 e. The Morgan fingerprint density at radius 1 is 1.29 bits per heavy atom. The molecule has 1 amide bonds. The van der Waals surface area contributed by atoms with Crippen LogP contribution in [0.15, 0.2) is 0 Å². The van der Waals surface area contributed by atoms with Crippen LogP contribution in [0.2, 0.25) is 0 Å². The molecule has 0 saturated carbocycles. The lowest BCUT2D eigenvalue weighted by Gasteiger charge is -2.35. The fourth-order valence-electron chi connectivity index (χ4n) is 3.39. The van der Waals surface area contributed by atoms with Crippen molar-refractivity contribution in [2.45, 2.75) is 32.6 Å². The summed E-state index contributed by atoms with van der Waals surface area (Å²) < 4.78 is 0. The predicted molar refractivity (Wildman–Crippen MR) is 86.4 cm³/mol. The van der Waals surface area contributed by atoms with Crippen molar-refractivity contribution in [3.63, 3.8) is 0 Å². The molecule has 5 heteroatoms. The molecule has 0 radical (unpaired) electrons. The molecule has 122 valence electrons. The Labute approximate surface area is 129 Å². The molecule has 2 saturated heterocycles. The number of carbonyl (C=O) groups is 1. The molecular weight excluding hydrogens is 264 g/mol. The van der Waals surface area contributed by atoms with Gasteiger partial charge in [-0.25, -0.2) is 0 Å². The Hall–Kier alpha value is -0.650. The molecule has 0 aliphatic carbocycles. The van der Waals surface area contributed by atoms with Gasteiger partial charge in [0.25, 0.3) is 0 Å². The Balaban J connectivity index is 1.64. The molecule has 2 N–H and O–H groups in total. The smallest absolute Gasteiger partial charge is 0.227 e. The average molecular weight is 296 g/mol. The minimum atomic E-state index is -0.161. The SMILES string of the molecule is CCC1(C(=O)NCCCN2CCN(C)CC2)CCCNC1. The van der Waals surface area contributed by atoms with Crippen molar-refractivity contribution in [1.29, 1.82) is 0 Å². The maximum absolute atomic E-state index is 12.5. The van der Waals surface area contributed by atoms with Gasteiger partial charge >= 0.3 is 0 Å². The minimum absolute atomic E-state index is 0.161. The Morgan fingerprint density at radius 2 is 2.05 bits per heavy atom. The molecule has 2 aliphatic rings. The zero-order valence-electron chi connectivity index (χ0n) is 13.8. The molecular formula is C16H32N4O. The van der Waals surface area contributed by atoms with Crippen molar-refractivity contribution < 1.29 is 4.79 Å². The lowest BCUT2D eigenvalue weighted by molar-refractivity contribution is -0.132. The molecule has 0 spiro atoms. The number of rotatable bonds is 6. The van der Waals surface area contributed by atoms with Crippen molar-refractivity contribution >= 4 is 5.91 Å². The van der Waals surface area contributed by atoms with Crippen molar-refractivity contribution in [3.8, 4) is 0 Å². The predicted octanol–water partition coefficient (Wildman–Crippen LogP) is 0.520. The second-order valence-corrected chi connectivity index (χ2v) is 6.67. The maximum atomic E-state index is 12.5. The van der Waals surface area contributed by atoms with Gasteiger partial charge in [-0.1, -0.05) is 6.92 Å². The van der Waals surface area contributed by atoms with Gasteiger partial charge in [-0.15, -0.1) is 0 Å². The summed E-state index contributed by atoms with van der Waals surface area (Å²) in [7, 11) is 2.18. The molecule has 2 aliphatic heterocycles. The lowest BCUT2D eigenvalue weighted by atomic mass is 9.77. The van der Waals surface area contributed by atoms with E-state index in [9.17, 15) is 4.79 Å². The molecule has 1 unspecified atom stereocenters. The van der Waals surface area contributed by atoms with Crippen molar-refractivity contribution in [3.05, 3.63) is 0 Å². The first-order chi connectivity index (χ1) is 10.2. The van der Waals surface area contributed by atoms with Crippen LogP contribution in [-0.4, -0.2) is 75.1 Å². The number of nitrogens with one attached hydrogen (secondary N) is 2. The number of carbonyl (C=O) groups excluding carboxylic acids is 1. The van der Waals surface area contributed by atoms with Crippen LogP contribution in [0.4, 0.5) is 0 Å². The van der Waals surface area contributed by atoms with E-state index < -0.39 is 0 Å². The highest BCUT2D eigenvalue weighted by Gasteiger charge is 2.37. The number of likely N-dealkylation sites (N-methyl/N-ethyl adjacent to an activating group) is 1. The van der Waals surface area contributed by atoms with Gasteiger partial charge in [-0.3, -0.25) is 4.79 Å². The highest BCUT2D eigenvalue weighted by atomic mass is 16.2. The molecule has 0 aromatic rings.